The lowest BCUT2D eigenvalue weighted by Gasteiger charge is -2.22. The summed E-state index contributed by atoms with van der Waals surface area (Å²) in [4.78, 5) is 0. The summed E-state index contributed by atoms with van der Waals surface area (Å²) in [7, 11) is 0. The number of nitrogens with zero attached hydrogens (tertiary/aromatic N) is 1. The third-order valence-electron chi connectivity index (χ3n) is 12.2. The first-order valence-electron chi connectivity index (χ1n) is 19.3. The monoisotopic (exact) mass is 733 g/mol. The Labute approximate surface area is 328 Å². The molecule has 3 heteroatoms. The van der Waals surface area contributed by atoms with Crippen molar-refractivity contribution in [2.45, 2.75) is 19.3 Å². The van der Waals surface area contributed by atoms with Gasteiger partial charge >= 0.3 is 0 Å². The van der Waals surface area contributed by atoms with Crippen LogP contribution in [0.1, 0.15) is 25.0 Å². The second kappa shape index (κ2) is 11.7. The number of hydrogen-bond acceptors (Lipinski definition) is 2. The van der Waals surface area contributed by atoms with Crippen molar-refractivity contribution in [3.63, 3.8) is 0 Å². The Morgan fingerprint density at radius 2 is 1.14 bits per heavy atom. The third-order valence-corrected chi connectivity index (χ3v) is 13.4. The van der Waals surface area contributed by atoms with Crippen molar-refractivity contribution in [1.82, 2.24) is 4.57 Å². The van der Waals surface area contributed by atoms with E-state index in [1.54, 1.807) is 0 Å². The number of rotatable bonds is 4. The molecule has 0 aliphatic heterocycles. The van der Waals surface area contributed by atoms with Crippen molar-refractivity contribution in [2.75, 3.05) is 0 Å². The molecule has 1 aliphatic rings. The molecular weight excluding hydrogens is 699 g/mol. The van der Waals surface area contributed by atoms with Gasteiger partial charge in [0.2, 0.25) is 0 Å². The molecule has 0 unspecified atom stereocenters. The predicted octanol–water partition coefficient (Wildman–Crippen LogP) is 15.2. The van der Waals surface area contributed by atoms with Crippen LogP contribution >= 0.6 is 11.3 Å². The first kappa shape index (κ1) is 31.6. The van der Waals surface area contributed by atoms with Crippen molar-refractivity contribution in [3.8, 4) is 50.4 Å². The highest BCUT2D eigenvalue weighted by Gasteiger charge is 2.37. The van der Waals surface area contributed by atoms with Gasteiger partial charge in [0.1, 0.15) is 11.3 Å². The maximum Gasteiger partial charge on any atom is 0.135 e. The molecule has 0 fully saturated rings. The first-order chi connectivity index (χ1) is 27.5. The highest BCUT2D eigenvalue weighted by Crippen LogP contribution is 2.54. The van der Waals surface area contributed by atoms with Gasteiger partial charge in [0.25, 0.3) is 0 Å². The highest BCUT2D eigenvalue weighted by molar-refractivity contribution is 7.26. The highest BCUT2D eigenvalue weighted by atomic mass is 32.1. The van der Waals surface area contributed by atoms with Crippen LogP contribution in [0.2, 0.25) is 0 Å². The zero-order valence-electron chi connectivity index (χ0n) is 31.0. The van der Waals surface area contributed by atoms with Gasteiger partial charge in [-0.25, -0.2) is 0 Å². The summed E-state index contributed by atoms with van der Waals surface area (Å²) in [6.45, 7) is 4.78. The molecule has 0 saturated carbocycles. The molecule has 3 heterocycles. The molecule has 0 amide bonds. The number of para-hydroxylation sites is 1. The Balaban J connectivity index is 1.05. The Morgan fingerprint density at radius 3 is 1.95 bits per heavy atom. The Hall–Kier alpha value is -6.68. The summed E-state index contributed by atoms with van der Waals surface area (Å²) >= 11 is 1.92. The summed E-state index contributed by atoms with van der Waals surface area (Å²) in [6, 6.07) is 64.4. The largest absolute Gasteiger partial charge is 0.456 e. The maximum atomic E-state index is 6.40. The third kappa shape index (κ3) is 4.55. The fourth-order valence-corrected chi connectivity index (χ4v) is 10.6. The van der Waals surface area contributed by atoms with Crippen LogP contribution in [0.5, 0.6) is 0 Å². The molecule has 0 saturated heterocycles. The van der Waals surface area contributed by atoms with Gasteiger partial charge in [-0.1, -0.05) is 129 Å². The van der Waals surface area contributed by atoms with Gasteiger partial charge < -0.3 is 8.98 Å². The summed E-state index contributed by atoms with van der Waals surface area (Å²) in [5.41, 5.74) is 15.7. The summed E-state index contributed by atoms with van der Waals surface area (Å²) in [5, 5.41) is 6.23. The molecule has 0 atom stereocenters. The van der Waals surface area contributed by atoms with E-state index in [2.05, 4.69) is 182 Å². The van der Waals surface area contributed by atoms with E-state index in [1.165, 1.54) is 92.2 Å². The van der Waals surface area contributed by atoms with Crippen molar-refractivity contribution in [2.24, 2.45) is 0 Å². The van der Waals surface area contributed by atoms with E-state index in [0.717, 1.165) is 22.3 Å². The summed E-state index contributed by atoms with van der Waals surface area (Å²) < 4.78 is 11.6. The Kier molecular flexibility index (Phi) is 6.59. The van der Waals surface area contributed by atoms with Crippen LogP contribution in [0.25, 0.3) is 103 Å². The molecule has 56 heavy (non-hydrogen) atoms. The average Bonchev–Trinajstić information content (AvgIpc) is 3.99. The first-order valence-corrected chi connectivity index (χ1v) is 20.1. The summed E-state index contributed by atoms with van der Waals surface area (Å²) in [5.74, 6) is 0.881. The second-order valence-electron chi connectivity index (χ2n) is 15.7. The van der Waals surface area contributed by atoms with E-state index >= 15 is 0 Å². The molecule has 1 aliphatic carbocycles. The topological polar surface area (TPSA) is 18.1 Å². The zero-order valence-corrected chi connectivity index (χ0v) is 31.8. The van der Waals surface area contributed by atoms with Crippen molar-refractivity contribution < 1.29 is 4.42 Å². The van der Waals surface area contributed by atoms with E-state index in [0.29, 0.717) is 0 Å². The fourth-order valence-electron chi connectivity index (χ4n) is 9.37. The Morgan fingerprint density at radius 1 is 0.482 bits per heavy atom. The summed E-state index contributed by atoms with van der Waals surface area (Å²) in [6.07, 6.45) is 0. The normalized spacial score (nSPS) is 13.3. The van der Waals surface area contributed by atoms with Gasteiger partial charge in [-0.15, -0.1) is 11.3 Å². The lowest BCUT2D eigenvalue weighted by atomic mass is 9.82. The van der Waals surface area contributed by atoms with Gasteiger partial charge in [-0.05, 0) is 99.6 Å². The molecule has 0 radical (unpaired) electrons. The van der Waals surface area contributed by atoms with Crippen LogP contribution in [0.4, 0.5) is 0 Å². The lowest BCUT2D eigenvalue weighted by molar-refractivity contribution is 0.631. The predicted molar refractivity (Wildman–Crippen MR) is 237 cm³/mol. The van der Waals surface area contributed by atoms with Crippen molar-refractivity contribution in [1.29, 1.82) is 0 Å². The quantitative estimate of drug-likeness (QED) is 0.176. The van der Waals surface area contributed by atoms with E-state index in [1.807, 2.05) is 23.5 Å². The molecule has 3 aromatic heterocycles. The van der Waals surface area contributed by atoms with Gasteiger partial charge in [0, 0.05) is 58.6 Å². The molecule has 0 N–H and O–H groups in total. The van der Waals surface area contributed by atoms with Crippen LogP contribution in [-0.2, 0) is 5.41 Å². The fraction of sp³-hybridized carbons (Fsp3) is 0.0566. The SMILES string of the molecule is CC1(C)c2cc(-n3c4ccc(-c5ccc(-c6ccccc6)cc5)cc4c4cc(-c5cc6ccccc6o5)ccc43)ccc2-c2c1ccc1c2sc2ccccc21. The van der Waals surface area contributed by atoms with Crippen LogP contribution in [0, 0.1) is 0 Å². The molecule has 264 valence electrons. The minimum Gasteiger partial charge on any atom is -0.456 e. The molecule has 11 aromatic rings. The number of thiophene rings is 1. The van der Waals surface area contributed by atoms with E-state index in [-0.39, 0.29) is 5.41 Å². The van der Waals surface area contributed by atoms with E-state index in [4.69, 9.17) is 4.42 Å². The maximum absolute atomic E-state index is 6.40. The number of aromatic nitrogens is 1. The second-order valence-corrected chi connectivity index (χ2v) is 16.8. The van der Waals surface area contributed by atoms with Crippen LogP contribution < -0.4 is 0 Å². The van der Waals surface area contributed by atoms with Crippen LogP contribution in [0.15, 0.2) is 180 Å². The van der Waals surface area contributed by atoms with E-state index < -0.39 is 0 Å². The number of fused-ring (bicyclic) bond motifs is 11. The van der Waals surface area contributed by atoms with Gasteiger partial charge in [0.05, 0.1) is 11.0 Å². The van der Waals surface area contributed by atoms with Gasteiger partial charge in [-0.2, -0.15) is 0 Å². The Bertz CT molecular complexity index is 3340. The standard InChI is InChI=1S/C53H35NOS/c1-53(2)44-25-24-40-39-13-7-9-15-50(39)56-52(40)51(44)41-23-22-38(31-45(41)53)54-46-26-20-35(34-18-16-33(17-19-34)32-10-4-3-5-11-32)28-42(46)43-29-37(21-27-47(43)54)49-30-36-12-6-8-14-48(36)55-49/h3-31H,1-2H3. The van der Waals surface area contributed by atoms with Crippen LogP contribution in [-0.4, -0.2) is 4.57 Å². The van der Waals surface area contributed by atoms with Crippen LogP contribution in [0.3, 0.4) is 0 Å². The number of hydrogen-bond donors (Lipinski definition) is 0. The molecule has 12 rings (SSSR count). The molecule has 0 bridgehead atoms. The average molecular weight is 734 g/mol. The molecule has 0 spiro atoms. The molecule has 2 nitrogen and oxygen atoms in total. The smallest absolute Gasteiger partial charge is 0.135 e. The van der Waals surface area contributed by atoms with Crippen molar-refractivity contribution >= 4 is 64.3 Å². The van der Waals surface area contributed by atoms with E-state index in [9.17, 15) is 0 Å². The minimum absolute atomic E-state index is 0.142. The molecular formula is C53H35NOS. The van der Waals surface area contributed by atoms with Gasteiger partial charge in [-0.3, -0.25) is 0 Å². The van der Waals surface area contributed by atoms with Gasteiger partial charge in [0.15, 0.2) is 0 Å². The minimum atomic E-state index is -0.142. The number of furan rings is 1. The lowest BCUT2D eigenvalue weighted by Crippen LogP contribution is -2.15. The van der Waals surface area contributed by atoms with Crippen molar-refractivity contribution in [3.05, 3.63) is 187 Å². The molecule has 8 aromatic carbocycles. The number of benzene rings is 8. The zero-order chi connectivity index (χ0) is 37.1.